The summed E-state index contributed by atoms with van der Waals surface area (Å²) in [6.07, 6.45) is 1.47. The number of hydrazone groups is 1. The molecule has 0 fully saturated rings. The molecule has 0 bridgehead atoms. The van der Waals surface area contributed by atoms with Crippen molar-refractivity contribution in [1.29, 1.82) is 0 Å². The number of hydrogen-bond acceptors (Lipinski definition) is 7. The van der Waals surface area contributed by atoms with E-state index >= 15 is 0 Å². The first-order valence-electron chi connectivity index (χ1n) is 9.10. The molecule has 0 aliphatic carbocycles. The van der Waals surface area contributed by atoms with Crippen LogP contribution in [0.5, 0.6) is 17.2 Å². The van der Waals surface area contributed by atoms with Crippen LogP contribution in [-0.2, 0) is 6.61 Å². The van der Waals surface area contributed by atoms with Gasteiger partial charge in [-0.25, -0.2) is 10.2 Å². The van der Waals surface area contributed by atoms with E-state index in [0.29, 0.717) is 34.1 Å². The molecule has 1 aromatic heterocycles. The van der Waals surface area contributed by atoms with Crippen LogP contribution < -0.4 is 19.6 Å². The lowest BCUT2D eigenvalue weighted by Crippen LogP contribution is -2.17. The van der Waals surface area contributed by atoms with E-state index < -0.39 is 5.97 Å². The third kappa shape index (κ3) is 5.63. The highest BCUT2D eigenvalue weighted by Gasteiger charge is 2.11. The van der Waals surface area contributed by atoms with Gasteiger partial charge in [-0.15, -0.1) is 0 Å². The average Bonchev–Trinajstić information content (AvgIpc) is 3.27. The lowest BCUT2D eigenvalue weighted by Gasteiger charge is -2.10. The fourth-order valence-electron chi connectivity index (χ4n) is 2.58. The first-order valence-corrected chi connectivity index (χ1v) is 9.10. The molecule has 160 valence electrons. The number of hydrogen-bond donors (Lipinski definition) is 2. The van der Waals surface area contributed by atoms with E-state index in [9.17, 15) is 9.59 Å². The first-order chi connectivity index (χ1) is 15.0. The van der Waals surface area contributed by atoms with E-state index in [1.54, 1.807) is 49.6 Å². The third-order valence-corrected chi connectivity index (χ3v) is 4.16. The van der Waals surface area contributed by atoms with E-state index in [1.807, 2.05) is 0 Å². The Bertz CT molecular complexity index is 1090. The second kappa shape index (κ2) is 9.97. The largest absolute Gasteiger partial charge is 0.497 e. The highest BCUT2D eigenvalue weighted by atomic mass is 16.5. The topological polar surface area (TPSA) is 120 Å². The fourth-order valence-corrected chi connectivity index (χ4v) is 2.58. The smallest absolute Gasteiger partial charge is 0.371 e. The molecule has 2 aromatic carbocycles. The van der Waals surface area contributed by atoms with Crippen LogP contribution in [0.25, 0.3) is 0 Å². The Balaban J connectivity index is 1.60. The van der Waals surface area contributed by atoms with Crippen molar-refractivity contribution in [3.63, 3.8) is 0 Å². The summed E-state index contributed by atoms with van der Waals surface area (Å²) in [7, 11) is 3.04. The van der Waals surface area contributed by atoms with Gasteiger partial charge in [0.2, 0.25) is 5.76 Å². The number of rotatable bonds is 9. The van der Waals surface area contributed by atoms with E-state index in [-0.39, 0.29) is 18.3 Å². The van der Waals surface area contributed by atoms with Gasteiger partial charge in [0.05, 0.1) is 20.4 Å². The summed E-state index contributed by atoms with van der Waals surface area (Å²) in [5, 5.41) is 12.8. The average molecular weight is 424 g/mol. The Labute approximate surface area is 177 Å². The van der Waals surface area contributed by atoms with Crippen LogP contribution in [-0.4, -0.2) is 37.4 Å². The van der Waals surface area contributed by atoms with Gasteiger partial charge in [-0.1, -0.05) is 0 Å². The van der Waals surface area contributed by atoms with E-state index in [2.05, 4.69) is 10.5 Å². The number of aromatic carboxylic acids is 1. The van der Waals surface area contributed by atoms with Gasteiger partial charge in [-0.2, -0.15) is 5.10 Å². The molecule has 31 heavy (non-hydrogen) atoms. The summed E-state index contributed by atoms with van der Waals surface area (Å²) in [5.41, 5.74) is 3.57. The first kappa shape index (κ1) is 21.4. The second-order valence-electron chi connectivity index (χ2n) is 6.20. The minimum absolute atomic E-state index is 0.0367. The predicted molar refractivity (Wildman–Crippen MR) is 111 cm³/mol. The van der Waals surface area contributed by atoms with E-state index in [1.165, 1.54) is 25.5 Å². The molecule has 3 rings (SSSR count). The quantitative estimate of drug-likeness (QED) is 0.399. The standard InChI is InChI=1S/C22H20N2O7/c1-28-16-6-4-15(5-7-16)21(25)24-23-12-14-3-9-18(20(11-14)29-2)30-13-17-8-10-19(31-17)22(26)27/h3-12H,13H2,1-2H3,(H,24,25)(H,26,27)/b23-12-. The number of carboxylic acid groups (broad SMARTS) is 1. The number of nitrogens with one attached hydrogen (secondary N) is 1. The number of furan rings is 1. The number of carbonyl (C=O) groups excluding carboxylic acids is 1. The van der Waals surface area contributed by atoms with Gasteiger partial charge in [0.1, 0.15) is 18.1 Å². The lowest BCUT2D eigenvalue weighted by molar-refractivity contribution is 0.0657. The van der Waals surface area contributed by atoms with Crippen LogP contribution in [0, 0.1) is 0 Å². The van der Waals surface area contributed by atoms with Crippen molar-refractivity contribution in [1.82, 2.24) is 5.43 Å². The molecule has 0 aliphatic heterocycles. The van der Waals surface area contributed by atoms with Gasteiger partial charge in [0.15, 0.2) is 11.5 Å². The maximum Gasteiger partial charge on any atom is 0.371 e. The molecule has 1 heterocycles. The molecule has 0 saturated carbocycles. The minimum Gasteiger partial charge on any atom is -0.497 e. The maximum absolute atomic E-state index is 12.1. The van der Waals surface area contributed by atoms with Gasteiger partial charge < -0.3 is 23.7 Å². The number of nitrogens with zero attached hydrogens (tertiary/aromatic N) is 1. The van der Waals surface area contributed by atoms with Crippen LogP contribution in [0.2, 0.25) is 0 Å². The SMILES string of the molecule is COc1ccc(C(=O)N/N=C\c2ccc(OCc3ccc(C(=O)O)o3)c(OC)c2)cc1. The van der Waals surface area contributed by atoms with Crippen LogP contribution in [0.4, 0.5) is 0 Å². The van der Waals surface area contributed by atoms with Gasteiger partial charge in [0, 0.05) is 5.56 Å². The zero-order valence-electron chi connectivity index (χ0n) is 16.8. The number of ether oxygens (including phenoxy) is 3. The van der Waals surface area contributed by atoms with Crippen molar-refractivity contribution in [3.05, 3.63) is 77.2 Å². The molecule has 2 N–H and O–H groups in total. The summed E-state index contributed by atoms with van der Waals surface area (Å²) >= 11 is 0. The Morgan fingerprint density at radius 2 is 1.81 bits per heavy atom. The summed E-state index contributed by atoms with van der Waals surface area (Å²) < 4.78 is 21.2. The number of amides is 1. The molecule has 0 spiro atoms. The van der Waals surface area contributed by atoms with Crippen molar-refractivity contribution in [2.45, 2.75) is 6.61 Å². The summed E-state index contributed by atoms with van der Waals surface area (Å²) in [6, 6.07) is 14.6. The van der Waals surface area contributed by atoms with Gasteiger partial charge >= 0.3 is 5.97 Å². The zero-order valence-corrected chi connectivity index (χ0v) is 16.8. The highest BCUT2D eigenvalue weighted by Crippen LogP contribution is 2.28. The molecule has 0 aliphatic rings. The monoisotopic (exact) mass is 424 g/mol. The van der Waals surface area contributed by atoms with E-state index in [4.69, 9.17) is 23.7 Å². The molecule has 9 heteroatoms. The Kier molecular flexibility index (Phi) is 6.89. The van der Waals surface area contributed by atoms with Crippen molar-refractivity contribution in [3.8, 4) is 17.2 Å². The molecule has 3 aromatic rings. The fraction of sp³-hybridized carbons (Fsp3) is 0.136. The minimum atomic E-state index is -1.15. The zero-order chi connectivity index (χ0) is 22.2. The highest BCUT2D eigenvalue weighted by molar-refractivity contribution is 5.95. The molecule has 9 nitrogen and oxygen atoms in total. The van der Waals surface area contributed by atoms with Crippen LogP contribution in [0.3, 0.4) is 0 Å². The number of methoxy groups -OCH3 is 2. The van der Waals surface area contributed by atoms with Crippen molar-refractivity contribution in [2.24, 2.45) is 5.10 Å². The molecular weight excluding hydrogens is 404 g/mol. The van der Waals surface area contributed by atoms with Crippen LogP contribution >= 0.6 is 0 Å². The van der Waals surface area contributed by atoms with Gasteiger partial charge in [-0.05, 0) is 60.2 Å². The Morgan fingerprint density at radius 3 is 2.45 bits per heavy atom. The normalized spacial score (nSPS) is 10.6. The van der Waals surface area contributed by atoms with Crippen LogP contribution in [0.1, 0.15) is 32.2 Å². The van der Waals surface area contributed by atoms with Crippen LogP contribution in [0.15, 0.2) is 64.1 Å². The molecular formula is C22H20N2O7. The second-order valence-corrected chi connectivity index (χ2v) is 6.20. The third-order valence-electron chi connectivity index (χ3n) is 4.16. The molecule has 0 unspecified atom stereocenters. The Morgan fingerprint density at radius 1 is 1.03 bits per heavy atom. The Hall–Kier alpha value is -4.27. The number of carbonyl (C=O) groups is 2. The van der Waals surface area contributed by atoms with Crippen molar-refractivity contribution < 1.29 is 33.3 Å². The number of carboxylic acids is 1. The summed E-state index contributed by atoms with van der Waals surface area (Å²) in [5.74, 6) is 0.242. The summed E-state index contributed by atoms with van der Waals surface area (Å²) in [6.45, 7) is 0.0367. The van der Waals surface area contributed by atoms with Crippen molar-refractivity contribution in [2.75, 3.05) is 14.2 Å². The van der Waals surface area contributed by atoms with Gasteiger partial charge in [0.25, 0.3) is 5.91 Å². The molecule has 1 amide bonds. The number of benzene rings is 2. The van der Waals surface area contributed by atoms with Crippen molar-refractivity contribution >= 4 is 18.1 Å². The molecule has 0 atom stereocenters. The molecule has 0 radical (unpaired) electrons. The predicted octanol–water partition coefficient (Wildman–Crippen LogP) is 3.34. The maximum atomic E-state index is 12.1. The lowest BCUT2D eigenvalue weighted by atomic mass is 10.2. The van der Waals surface area contributed by atoms with E-state index in [0.717, 1.165) is 0 Å². The molecule has 0 saturated heterocycles. The van der Waals surface area contributed by atoms with Gasteiger partial charge in [-0.3, -0.25) is 4.79 Å². The summed E-state index contributed by atoms with van der Waals surface area (Å²) in [4.78, 5) is 23.0.